The molecule has 2 rings (SSSR count). The molecule has 1 aliphatic rings. The van der Waals surface area contributed by atoms with E-state index < -0.39 is 5.97 Å². The Labute approximate surface area is 105 Å². The predicted molar refractivity (Wildman–Crippen MR) is 65.5 cm³/mol. The molecule has 5 heteroatoms. The van der Waals surface area contributed by atoms with Crippen LogP contribution in [0.25, 0.3) is 0 Å². The number of nitrogens with one attached hydrogen (secondary N) is 1. The molecule has 1 fully saturated rings. The molecule has 0 aromatic carbocycles. The summed E-state index contributed by atoms with van der Waals surface area (Å²) in [4.78, 5) is 26.3. The van der Waals surface area contributed by atoms with Crippen LogP contribution in [0.4, 0.5) is 0 Å². The van der Waals surface area contributed by atoms with Gasteiger partial charge in [-0.3, -0.25) is 9.78 Å². The fourth-order valence-electron chi connectivity index (χ4n) is 2.00. The molecule has 1 aromatic heterocycles. The second kappa shape index (κ2) is 4.76. The van der Waals surface area contributed by atoms with Crippen LogP contribution in [-0.4, -0.2) is 28.5 Å². The van der Waals surface area contributed by atoms with E-state index in [2.05, 4.69) is 17.2 Å². The van der Waals surface area contributed by atoms with Gasteiger partial charge in [0.25, 0.3) is 5.91 Å². The smallest absolute Gasteiger partial charge is 0.337 e. The van der Waals surface area contributed by atoms with Crippen molar-refractivity contribution >= 4 is 11.9 Å². The number of carboxylic acid groups (broad SMARTS) is 1. The van der Waals surface area contributed by atoms with Gasteiger partial charge in [-0.15, -0.1) is 0 Å². The van der Waals surface area contributed by atoms with Crippen molar-refractivity contribution < 1.29 is 14.7 Å². The van der Waals surface area contributed by atoms with Crippen molar-refractivity contribution in [2.24, 2.45) is 5.41 Å². The van der Waals surface area contributed by atoms with E-state index in [1.807, 2.05) is 0 Å². The third-order valence-corrected chi connectivity index (χ3v) is 3.48. The van der Waals surface area contributed by atoms with Crippen LogP contribution in [0.3, 0.4) is 0 Å². The Hall–Kier alpha value is -1.91. The molecule has 1 aliphatic carbocycles. The van der Waals surface area contributed by atoms with Crippen molar-refractivity contribution in [1.29, 1.82) is 0 Å². The molecule has 0 radical (unpaired) electrons. The van der Waals surface area contributed by atoms with E-state index in [-0.39, 0.29) is 22.6 Å². The Morgan fingerprint density at radius 1 is 1.44 bits per heavy atom. The summed E-state index contributed by atoms with van der Waals surface area (Å²) >= 11 is 0. The van der Waals surface area contributed by atoms with Gasteiger partial charge in [0.15, 0.2) is 0 Å². The van der Waals surface area contributed by atoms with E-state index in [9.17, 15) is 9.59 Å². The summed E-state index contributed by atoms with van der Waals surface area (Å²) in [6, 6.07) is 2.82. The first-order valence-corrected chi connectivity index (χ1v) is 5.98. The molecule has 96 valence electrons. The van der Waals surface area contributed by atoms with Crippen molar-refractivity contribution in [3.8, 4) is 0 Å². The number of aromatic carboxylic acids is 1. The summed E-state index contributed by atoms with van der Waals surface area (Å²) in [5.74, 6) is -1.29. The van der Waals surface area contributed by atoms with Gasteiger partial charge < -0.3 is 10.4 Å². The van der Waals surface area contributed by atoms with Gasteiger partial charge in [-0.2, -0.15) is 0 Å². The van der Waals surface area contributed by atoms with Crippen LogP contribution in [-0.2, 0) is 0 Å². The van der Waals surface area contributed by atoms with Gasteiger partial charge >= 0.3 is 5.97 Å². The minimum absolute atomic E-state index is 0.0810. The third-order valence-electron chi connectivity index (χ3n) is 3.48. The Balaban J connectivity index is 1.94. The Bertz CT molecular complexity index is 464. The summed E-state index contributed by atoms with van der Waals surface area (Å²) in [5.41, 5.74) is 0.553. The summed E-state index contributed by atoms with van der Waals surface area (Å²) in [7, 11) is 0. The van der Waals surface area contributed by atoms with Crippen LogP contribution in [0, 0.1) is 5.41 Å². The first-order chi connectivity index (χ1) is 8.50. The minimum atomic E-state index is -1.04. The van der Waals surface area contributed by atoms with E-state index in [4.69, 9.17) is 5.11 Å². The van der Waals surface area contributed by atoms with Crippen molar-refractivity contribution in [1.82, 2.24) is 10.3 Å². The number of carbonyl (C=O) groups is 2. The average molecular weight is 248 g/mol. The molecule has 5 nitrogen and oxygen atoms in total. The van der Waals surface area contributed by atoms with E-state index in [0.29, 0.717) is 6.54 Å². The Kier molecular flexibility index (Phi) is 3.32. The molecular weight excluding hydrogens is 232 g/mol. The molecule has 18 heavy (non-hydrogen) atoms. The number of carbonyl (C=O) groups excluding carboxylic acids is 1. The van der Waals surface area contributed by atoms with Gasteiger partial charge in [-0.05, 0) is 30.4 Å². The fourth-order valence-corrected chi connectivity index (χ4v) is 2.00. The van der Waals surface area contributed by atoms with E-state index in [1.165, 1.54) is 24.8 Å². The zero-order chi connectivity index (χ0) is 13.2. The summed E-state index contributed by atoms with van der Waals surface area (Å²) < 4.78 is 0. The highest BCUT2D eigenvalue weighted by Crippen LogP contribution is 2.39. The molecule has 0 saturated heterocycles. The summed E-state index contributed by atoms with van der Waals surface area (Å²) in [5, 5.41) is 11.6. The maximum absolute atomic E-state index is 11.8. The normalized spacial score (nSPS) is 16.7. The number of carboxylic acids is 1. The summed E-state index contributed by atoms with van der Waals surface area (Å²) in [6.07, 6.45) is 4.69. The van der Waals surface area contributed by atoms with Gasteiger partial charge in [-0.25, -0.2) is 4.79 Å². The molecule has 0 aliphatic heterocycles. The van der Waals surface area contributed by atoms with Crippen LogP contribution in [0.15, 0.2) is 18.3 Å². The lowest BCUT2D eigenvalue weighted by atomic mass is 9.70. The topological polar surface area (TPSA) is 79.3 Å². The molecular formula is C13H16N2O3. The van der Waals surface area contributed by atoms with E-state index >= 15 is 0 Å². The zero-order valence-electron chi connectivity index (χ0n) is 10.3. The fraction of sp³-hybridized carbons (Fsp3) is 0.462. The quantitative estimate of drug-likeness (QED) is 0.850. The van der Waals surface area contributed by atoms with Gasteiger partial charge in [0.05, 0.1) is 5.56 Å². The van der Waals surface area contributed by atoms with E-state index in [0.717, 1.165) is 12.8 Å². The molecule has 0 spiro atoms. The van der Waals surface area contributed by atoms with Crippen molar-refractivity contribution in [3.05, 3.63) is 29.6 Å². The van der Waals surface area contributed by atoms with E-state index in [1.54, 1.807) is 0 Å². The van der Waals surface area contributed by atoms with Gasteiger partial charge in [-0.1, -0.05) is 13.3 Å². The highest BCUT2D eigenvalue weighted by molar-refractivity contribution is 5.93. The number of pyridine rings is 1. The Morgan fingerprint density at radius 2 is 2.17 bits per heavy atom. The van der Waals surface area contributed by atoms with Crippen LogP contribution >= 0.6 is 0 Å². The van der Waals surface area contributed by atoms with Crippen molar-refractivity contribution in [2.75, 3.05) is 6.54 Å². The van der Waals surface area contributed by atoms with Crippen LogP contribution in [0.2, 0.25) is 0 Å². The molecule has 0 unspecified atom stereocenters. The highest BCUT2D eigenvalue weighted by atomic mass is 16.4. The number of rotatable bonds is 4. The van der Waals surface area contributed by atoms with Crippen LogP contribution in [0.1, 0.15) is 47.0 Å². The molecule has 1 saturated carbocycles. The minimum Gasteiger partial charge on any atom is -0.478 e. The lowest BCUT2D eigenvalue weighted by molar-refractivity contribution is 0.0695. The van der Waals surface area contributed by atoms with Crippen LogP contribution in [0.5, 0.6) is 0 Å². The average Bonchev–Trinajstić information content (AvgIpc) is 2.33. The lowest BCUT2D eigenvalue weighted by Gasteiger charge is -2.38. The largest absolute Gasteiger partial charge is 0.478 e. The maximum Gasteiger partial charge on any atom is 0.337 e. The molecule has 1 amide bonds. The number of aromatic nitrogens is 1. The number of hydrogen-bond acceptors (Lipinski definition) is 3. The zero-order valence-corrected chi connectivity index (χ0v) is 10.3. The molecule has 2 N–H and O–H groups in total. The van der Waals surface area contributed by atoms with Gasteiger partial charge in [0.1, 0.15) is 5.69 Å². The number of hydrogen-bond donors (Lipinski definition) is 2. The second-order valence-electron chi connectivity index (χ2n) is 5.08. The van der Waals surface area contributed by atoms with Gasteiger partial charge in [0, 0.05) is 12.7 Å². The number of amides is 1. The maximum atomic E-state index is 11.8. The van der Waals surface area contributed by atoms with Gasteiger partial charge in [0.2, 0.25) is 0 Å². The second-order valence-corrected chi connectivity index (χ2v) is 5.08. The Morgan fingerprint density at radius 3 is 2.61 bits per heavy atom. The first-order valence-electron chi connectivity index (χ1n) is 5.98. The molecule has 1 heterocycles. The summed E-state index contributed by atoms with van der Waals surface area (Å²) in [6.45, 7) is 2.80. The van der Waals surface area contributed by atoms with Crippen molar-refractivity contribution in [2.45, 2.75) is 26.2 Å². The third kappa shape index (κ3) is 2.67. The molecule has 0 atom stereocenters. The van der Waals surface area contributed by atoms with Crippen LogP contribution < -0.4 is 5.32 Å². The molecule has 1 aromatic rings. The predicted octanol–water partition coefficient (Wildman–Crippen LogP) is 1.70. The SMILES string of the molecule is CC1(CNC(=O)c2ccc(C(=O)O)cn2)CCC1. The number of nitrogens with zero attached hydrogens (tertiary/aromatic N) is 1. The first kappa shape index (κ1) is 12.5. The molecule has 0 bridgehead atoms. The highest BCUT2D eigenvalue weighted by Gasteiger charge is 2.31. The lowest BCUT2D eigenvalue weighted by Crippen LogP contribution is -2.40. The monoisotopic (exact) mass is 248 g/mol. The standard InChI is InChI=1S/C13H16N2O3/c1-13(5-2-6-13)8-15-11(16)10-4-3-9(7-14-10)12(17)18/h3-4,7H,2,5-6,8H2,1H3,(H,15,16)(H,17,18). The van der Waals surface area contributed by atoms with Crippen molar-refractivity contribution in [3.63, 3.8) is 0 Å².